The second-order valence-corrected chi connectivity index (χ2v) is 5.60. The fraction of sp³-hybridized carbons (Fsp3) is 0.533. The highest BCUT2D eigenvalue weighted by molar-refractivity contribution is 5.85. The van der Waals surface area contributed by atoms with E-state index in [0.717, 1.165) is 0 Å². The van der Waals surface area contributed by atoms with Crippen molar-refractivity contribution < 1.29 is 9.53 Å². The second kappa shape index (κ2) is 5.31. The van der Waals surface area contributed by atoms with Crippen LogP contribution in [0.3, 0.4) is 0 Å². The molecule has 1 saturated heterocycles. The number of carbonyl (C=O) groups is 1. The summed E-state index contributed by atoms with van der Waals surface area (Å²) in [5.74, 6) is 0.0282. The zero-order chi connectivity index (χ0) is 14.0. The number of rotatable bonds is 3. The van der Waals surface area contributed by atoms with Crippen LogP contribution < -0.4 is 5.73 Å². The van der Waals surface area contributed by atoms with E-state index in [2.05, 4.69) is 19.1 Å². The van der Waals surface area contributed by atoms with Crippen molar-refractivity contribution in [3.05, 3.63) is 35.4 Å². The molecule has 0 radical (unpaired) electrons. The van der Waals surface area contributed by atoms with Gasteiger partial charge in [-0.2, -0.15) is 0 Å². The number of amides is 1. The molecule has 0 bridgehead atoms. The lowest BCUT2D eigenvalue weighted by Gasteiger charge is -2.41. The summed E-state index contributed by atoms with van der Waals surface area (Å²) in [7, 11) is 0. The minimum atomic E-state index is -0.787. The standard InChI is InChI=1S/C15H22N2O2/c1-11-6-4-5-7-12(11)9-17-10-13(8-16)19-15(2,3)14(17)18/h4-7,13H,8-10,16H2,1-3H3. The first kappa shape index (κ1) is 14.0. The Balaban J connectivity index is 2.19. The third-order valence-corrected chi connectivity index (χ3v) is 3.57. The molecular weight excluding hydrogens is 240 g/mol. The number of nitrogens with zero attached hydrogens (tertiary/aromatic N) is 1. The predicted molar refractivity (Wildman–Crippen MR) is 74.6 cm³/mol. The summed E-state index contributed by atoms with van der Waals surface area (Å²) in [6, 6.07) is 8.12. The van der Waals surface area contributed by atoms with Crippen LogP contribution in [0.1, 0.15) is 25.0 Å². The van der Waals surface area contributed by atoms with E-state index >= 15 is 0 Å². The topological polar surface area (TPSA) is 55.6 Å². The summed E-state index contributed by atoms with van der Waals surface area (Å²) in [5.41, 5.74) is 7.27. The average molecular weight is 262 g/mol. The van der Waals surface area contributed by atoms with Crippen molar-refractivity contribution in [2.24, 2.45) is 5.73 Å². The van der Waals surface area contributed by atoms with E-state index in [0.29, 0.717) is 19.6 Å². The fourth-order valence-corrected chi connectivity index (χ4v) is 2.47. The van der Waals surface area contributed by atoms with Gasteiger partial charge in [0, 0.05) is 19.6 Å². The lowest BCUT2D eigenvalue weighted by atomic mass is 10.0. The number of hydrogen-bond donors (Lipinski definition) is 1. The normalized spacial score (nSPS) is 22.6. The number of morpholine rings is 1. The molecule has 2 N–H and O–H groups in total. The third kappa shape index (κ3) is 2.96. The number of ether oxygens (including phenoxy) is 1. The molecule has 19 heavy (non-hydrogen) atoms. The van der Waals surface area contributed by atoms with Gasteiger partial charge in [0.25, 0.3) is 5.91 Å². The summed E-state index contributed by atoms with van der Waals surface area (Å²) < 4.78 is 5.72. The van der Waals surface area contributed by atoms with Crippen molar-refractivity contribution in [1.82, 2.24) is 4.90 Å². The molecule has 0 spiro atoms. The Morgan fingerprint density at radius 1 is 1.42 bits per heavy atom. The molecule has 0 aliphatic carbocycles. The van der Waals surface area contributed by atoms with Gasteiger partial charge in [-0.3, -0.25) is 4.79 Å². The van der Waals surface area contributed by atoms with Crippen LogP contribution in [0.5, 0.6) is 0 Å². The van der Waals surface area contributed by atoms with Crippen molar-refractivity contribution in [3.63, 3.8) is 0 Å². The largest absolute Gasteiger partial charge is 0.359 e. The van der Waals surface area contributed by atoms with E-state index in [1.807, 2.05) is 30.9 Å². The highest BCUT2D eigenvalue weighted by Crippen LogP contribution is 2.24. The zero-order valence-electron chi connectivity index (χ0n) is 11.8. The number of nitrogens with two attached hydrogens (primary N) is 1. The minimum Gasteiger partial charge on any atom is -0.359 e. The van der Waals surface area contributed by atoms with Crippen molar-refractivity contribution in [1.29, 1.82) is 0 Å². The number of hydrogen-bond acceptors (Lipinski definition) is 3. The molecule has 1 atom stereocenters. The fourth-order valence-electron chi connectivity index (χ4n) is 2.47. The van der Waals surface area contributed by atoms with Gasteiger partial charge in [-0.15, -0.1) is 0 Å². The summed E-state index contributed by atoms with van der Waals surface area (Å²) >= 11 is 0. The van der Waals surface area contributed by atoms with Crippen LogP contribution in [0.4, 0.5) is 0 Å². The molecule has 1 amide bonds. The Kier molecular flexibility index (Phi) is 3.92. The maximum Gasteiger partial charge on any atom is 0.254 e. The van der Waals surface area contributed by atoms with Gasteiger partial charge in [0.15, 0.2) is 0 Å². The van der Waals surface area contributed by atoms with Crippen LogP contribution in [-0.2, 0) is 16.1 Å². The van der Waals surface area contributed by atoms with Crippen LogP contribution in [0, 0.1) is 6.92 Å². The SMILES string of the molecule is Cc1ccccc1CN1CC(CN)OC(C)(C)C1=O. The van der Waals surface area contributed by atoms with Gasteiger partial charge in [0.05, 0.1) is 6.10 Å². The van der Waals surface area contributed by atoms with E-state index in [4.69, 9.17) is 10.5 Å². The van der Waals surface area contributed by atoms with Crippen LogP contribution in [0.25, 0.3) is 0 Å². The highest BCUT2D eigenvalue weighted by Gasteiger charge is 2.40. The van der Waals surface area contributed by atoms with Gasteiger partial charge in [-0.1, -0.05) is 24.3 Å². The number of carbonyl (C=O) groups excluding carboxylic acids is 1. The van der Waals surface area contributed by atoms with Crippen molar-refractivity contribution in [2.75, 3.05) is 13.1 Å². The molecule has 1 unspecified atom stereocenters. The quantitative estimate of drug-likeness (QED) is 0.897. The second-order valence-electron chi connectivity index (χ2n) is 5.60. The number of benzene rings is 1. The maximum atomic E-state index is 12.4. The Bertz CT molecular complexity index is 471. The molecule has 1 aromatic carbocycles. The first-order valence-corrected chi connectivity index (χ1v) is 6.66. The summed E-state index contributed by atoms with van der Waals surface area (Å²) in [6.07, 6.45) is -0.0864. The molecule has 0 aromatic heterocycles. The smallest absolute Gasteiger partial charge is 0.254 e. The molecule has 2 rings (SSSR count). The van der Waals surface area contributed by atoms with Gasteiger partial charge >= 0.3 is 0 Å². The van der Waals surface area contributed by atoms with Crippen molar-refractivity contribution in [2.45, 2.75) is 39.0 Å². The Hall–Kier alpha value is -1.39. The van der Waals surface area contributed by atoms with E-state index in [-0.39, 0.29) is 12.0 Å². The average Bonchev–Trinajstić information content (AvgIpc) is 2.37. The van der Waals surface area contributed by atoms with Gasteiger partial charge in [0.1, 0.15) is 5.60 Å². The highest BCUT2D eigenvalue weighted by atomic mass is 16.5. The molecule has 0 saturated carbocycles. The molecule has 1 aromatic rings. The van der Waals surface area contributed by atoms with E-state index in [9.17, 15) is 4.79 Å². The number of aryl methyl sites for hydroxylation is 1. The van der Waals surface area contributed by atoms with Gasteiger partial charge < -0.3 is 15.4 Å². The molecule has 1 aliphatic rings. The first-order chi connectivity index (χ1) is 8.94. The van der Waals surface area contributed by atoms with E-state index in [1.54, 1.807) is 0 Å². The predicted octanol–water partition coefficient (Wildman–Crippen LogP) is 1.46. The Morgan fingerprint density at radius 2 is 2.11 bits per heavy atom. The Labute approximate surface area is 114 Å². The third-order valence-electron chi connectivity index (χ3n) is 3.57. The van der Waals surface area contributed by atoms with Crippen molar-refractivity contribution >= 4 is 5.91 Å². The maximum absolute atomic E-state index is 12.4. The monoisotopic (exact) mass is 262 g/mol. The molecule has 104 valence electrons. The van der Waals surface area contributed by atoms with Crippen LogP contribution in [0.15, 0.2) is 24.3 Å². The molecule has 1 aliphatic heterocycles. The van der Waals surface area contributed by atoms with Crippen LogP contribution in [-0.4, -0.2) is 35.6 Å². The summed E-state index contributed by atoms with van der Waals surface area (Å²) in [4.78, 5) is 14.2. The van der Waals surface area contributed by atoms with Gasteiger partial charge in [0.2, 0.25) is 0 Å². The summed E-state index contributed by atoms with van der Waals surface area (Å²) in [5, 5.41) is 0. The lowest BCUT2D eigenvalue weighted by molar-refractivity contribution is -0.179. The van der Waals surface area contributed by atoms with Crippen LogP contribution in [0.2, 0.25) is 0 Å². The molecule has 1 fully saturated rings. The van der Waals surface area contributed by atoms with Gasteiger partial charge in [-0.25, -0.2) is 0 Å². The van der Waals surface area contributed by atoms with E-state index < -0.39 is 5.60 Å². The molecule has 1 heterocycles. The molecule has 4 nitrogen and oxygen atoms in total. The molecular formula is C15H22N2O2. The van der Waals surface area contributed by atoms with E-state index in [1.165, 1.54) is 11.1 Å². The molecule has 4 heteroatoms. The minimum absolute atomic E-state index is 0.0282. The Morgan fingerprint density at radius 3 is 2.74 bits per heavy atom. The zero-order valence-corrected chi connectivity index (χ0v) is 11.8. The van der Waals surface area contributed by atoms with Crippen LogP contribution >= 0.6 is 0 Å². The lowest BCUT2D eigenvalue weighted by Crippen LogP contribution is -2.58. The van der Waals surface area contributed by atoms with Crippen molar-refractivity contribution in [3.8, 4) is 0 Å². The van der Waals surface area contributed by atoms with Gasteiger partial charge in [-0.05, 0) is 31.9 Å². The first-order valence-electron chi connectivity index (χ1n) is 6.66. The summed E-state index contributed by atoms with van der Waals surface area (Å²) in [6.45, 7) is 7.29.